The predicted octanol–water partition coefficient (Wildman–Crippen LogP) is 2.39. The Morgan fingerprint density at radius 3 is 2.21 bits per heavy atom. The second-order valence-corrected chi connectivity index (χ2v) is 10.0. The van der Waals surface area contributed by atoms with Crippen LogP contribution in [0.15, 0.2) is 47.4 Å². The van der Waals surface area contributed by atoms with Gasteiger partial charge in [0.2, 0.25) is 5.91 Å². The van der Waals surface area contributed by atoms with Crippen molar-refractivity contribution in [1.82, 2.24) is 15.1 Å². The SMILES string of the molecule is CCCNC(=O)CN1CCN(C(=O)c2ccc(NS(=O)(=O)c3ccc(C)c(C)c3)cc2)CC1. The smallest absolute Gasteiger partial charge is 0.261 e. The molecule has 0 unspecified atom stereocenters. The minimum Gasteiger partial charge on any atom is -0.355 e. The Kier molecular flexibility index (Phi) is 8.10. The summed E-state index contributed by atoms with van der Waals surface area (Å²) in [7, 11) is -3.71. The molecular weight excluding hydrogens is 440 g/mol. The van der Waals surface area contributed by atoms with Crippen LogP contribution in [0.3, 0.4) is 0 Å². The van der Waals surface area contributed by atoms with Crippen molar-refractivity contribution in [3.8, 4) is 0 Å². The third-order valence-corrected chi connectivity index (χ3v) is 7.15. The van der Waals surface area contributed by atoms with Crippen molar-refractivity contribution in [3.63, 3.8) is 0 Å². The number of nitrogens with zero attached hydrogens (tertiary/aromatic N) is 2. The van der Waals surface area contributed by atoms with Gasteiger partial charge in [0.05, 0.1) is 11.4 Å². The van der Waals surface area contributed by atoms with Crippen molar-refractivity contribution in [2.45, 2.75) is 32.1 Å². The Hall–Kier alpha value is -2.91. The molecule has 0 aliphatic carbocycles. The standard InChI is InChI=1S/C24H32N4O4S/c1-4-11-25-23(29)17-27-12-14-28(15-13-27)24(30)20-6-8-21(9-7-20)26-33(31,32)22-10-5-18(2)19(3)16-22/h5-10,16,26H,4,11-15,17H2,1-3H3,(H,25,29). The fourth-order valence-corrected chi connectivity index (χ4v) is 4.73. The van der Waals surface area contributed by atoms with Crippen LogP contribution in [0, 0.1) is 13.8 Å². The molecule has 178 valence electrons. The van der Waals surface area contributed by atoms with Gasteiger partial charge in [-0.15, -0.1) is 0 Å². The van der Waals surface area contributed by atoms with E-state index in [2.05, 4.69) is 10.0 Å². The molecule has 2 aromatic rings. The highest BCUT2D eigenvalue weighted by Gasteiger charge is 2.23. The first-order chi connectivity index (χ1) is 15.7. The molecule has 0 saturated carbocycles. The van der Waals surface area contributed by atoms with Crippen molar-refractivity contribution in [3.05, 3.63) is 59.2 Å². The van der Waals surface area contributed by atoms with Crippen LogP contribution in [0.1, 0.15) is 34.8 Å². The van der Waals surface area contributed by atoms with Gasteiger partial charge in [0.1, 0.15) is 0 Å². The molecule has 0 spiro atoms. The fraction of sp³-hybridized carbons (Fsp3) is 0.417. The van der Waals surface area contributed by atoms with E-state index in [0.717, 1.165) is 17.5 Å². The van der Waals surface area contributed by atoms with Crippen LogP contribution in [0.2, 0.25) is 0 Å². The summed E-state index contributed by atoms with van der Waals surface area (Å²) in [5.41, 5.74) is 2.82. The number of anilines is 1. The average Bonchev–Trinajstić information content (AvgIpc) is 2.79. The number of carbonyl (C=O) groups is 2. The predicted molar refractivity (Wildman–Crippen MR) is 129 cm³/mol. The lowest BCUT2D eigenvalue weighted by molar-refractivity contribution is -0.122. The van der Waals surface area contributed by atoms with E-state index in [1.807, 2.05) is 25.7 Å². The topological polar surface area (TPSA) is 98.8 Å². The van der Waals surface area contributed by atoms with E-state index in [0.29, 0.717) is 50.5 Å². The highest BCUT2D eigenvalue weighted by atomic mass is 32.2. The molecule has 1 aliphatic heterocycles. The number of benzene rings is 2. The lowest BCUT2D eigenvalue weighted by Gasteiger charge is -2.34. The third-order valence-electron chi connectivity index (χ3n) is 5.77. The molecule has 0 atom stereocenters. The van der Waals surface area contributed by atoms with Gasteiger partial charge in [-0.1, -0.05) is 13.0 Å². The number of aryl methyl sites for hydroxylation is 2. The van der Waals surface area contributed by atoms with Crippen LogP contribution >= 0.6 is 0 Å². The van der Waals surface area contributed by atoms with Crippen LogP contribution in [0.25, 0.3) is 0 Å². The Morgan fingerprint density at radius 2 is 1.61 bits per heavy atom. The summed E-state index contributed by atoms with van der Waals surface area (Å²) in [6.45, 7) is 9.19. The molecule has 1 aliphatic rings. The molecule has 2 aromatic carbocycles. The number of amides is 2. The molecule has 1 heterocycles. The molecule has 0 bridgehead atoms. The van der Waals surface area contributed by atoms with Crippen molar-refractivity contribution < 1.29 is 18.0 Å². The number of hydrogen-bond acceptors (Lipinski definition) is 5. The van der Waals surface area contributed by atoms with Crippen LogP contribution in [-0.2, 0) is 14.8 Å². The fourth-order valence-electron chi connectivity index (χ4n) is 3.59. The van der Waals surface area contributed by atoms with E-state index in [4.69, 9.17) is 0 Å². The Bertz CT molecular complexity index is 1090. The van der Waals surface area contributed by atoms with E-state index in [9.17, 15) is 18.0 Å². The Morgan fingerprint density at radius 1 is 0.939 bits per heavy atom. The minimum absolute atomic E-state index is 0.00969. The van der Waals surface area contributed by atoms with Crippen molar-refractivity contribution in [2.75, 3.05) is 44.0 Å². The normalized spacial score (nSPS) is 14.7. The largest absolute Gasteiger partial charge is 0.355 e. The second-order valence-electron chi connectivity index (χ2n) is 8.35. The maximum atomic E-state index is 12.8. The van der Waals surface area contributed by atoms with E-state index in [-0.39, 0.29) is 16.7 Å². The first-order valence-electron chi connectivity index (χ1n) is 11.2. The molecule has 1 saturated heterocycles. The molecule has 3 rings (SSSR count). The van der Waals surface area contributed by atoms with Crippen molar-refractivity contribution in [2.24, 2.45) is 0 Å². The lowest BCUT2D eigenvalue weighted by Crippen LogP contribution is -2.51. The van der Waals surface area contributed by atoms with Crippen LogP contribution < -0.4 is 10.0 Å². The first kappa shape index (κ1) is 24.7. The van der Waals surface area contributed by atoms with E-state index in [1.165, 1.54) is 0 Å². The monoisotopic (exact) mass is 472 g/mol. The highest BCUT2D eigenvalue weighted by Crippen LogP contribution is 2.20. The van der Waals surface area contributed by atoms with Crippen molar-refractivity contribution >= 4 is 27.5 Å². The van der Waals surface area contributed by atoms with Gasteiger partial charge in [0.25, 0.3) is 15.9 Å². The lowest BCUT2D eigenvalue weighted by atomic mass is 10.1. The van der Waals surface area contributed by atoms with Gasteiger partial charge in [-0.05, 0) is 67.8 Å². The maximum absolute atomic E-state index is 12.8. The molecule has 33 heavy (non-hydrogen) atoms. The number of hydrogen-bond donors (Lipinski definition) is 2. The summed E-state index contributed by atoms with van der Waals surface area (Å²) in [6.07, 6.45) is 0.903. The van der Waals surface area contributed by atoms with E-state index in [1.54, 1.807) is 47.4 Å². The quantitative estimate of drug-likeness (QED) is 0.615. The molecule has 9 heteroatoms. The van der Waals surface area contributed by atoms with Crippen molar-refractivity contribution in [1.29, 1.82) is 0 Å². The molecule has 0 radical (unpaired) electrons. The van der Waals surface area contributed by atoms with Gasteiger partial charge in [0, 0.05) is 44.0 Å². The number of rotatable bonds is 8. The van der Waals surface area contributed by atoms with Crippen LogP contribution in [0.5, 0.6) is 0 Å². The molecule has 1 fully saturated rings. The van der Waals surface area contributed by atoms with E-state index < -0.39 is 10.0 Å². The summed E-state index contributed by atoms with van der Waals surface area (Å²) >= 11 is 0. The van der Waals surface area contributed by atoms with Gasteiger partial charge in [-0.3, -0.25) is 19.2 Å². The number of carbonyl (C=O) groups excluding carboxylic acids is 2. The third kappa shape index (κ3) is 6.55. The first-order valence-corrected chi connectivity index (χ1v) is 12.7. The summed E-state index contributed by atoms with van der Waals surface area (Å²) in [5.74, 6) is -0.0934. The van der Waals surface area contributed by atoms with Gasteiger partial charge in [-0.2, -0.15) is 0 Å². The van der Waals surface area contributed by atoms with Gasteiger partial charge in [0.15, 0.2) is 0 Å². The second kappa shape index (κ2) is 10.8. The molecule has 2 N–H and O–H groups in total. The zero-order valence-electron chi connectivity index (χ0n) is 19.4. The van der Waals surface area contributed by atoms with Crippen LogP contribution in [0.4, 0.5) is 5.69 Å². The number of nitrogens with one attached hydrogen (secondary N) is 2. The minimum atomic E-state index is -3.71. The van der Waals surface area contributed by atoms with E-state index >= 15 is 0 Å². The van der Waals surface area contributed by atoms with Gasteiger partial charge in [-0.25, -0.2) is 8.42 Å². The molecule has 0 aromatic heterocycles. The summed E-state index contributed by atoms with van der Waals surface area (Å²) in [4.78, 5) is 28.7. The summed E-state index contributed by atoms with van der Waals surface area (Å²) in [6, 6.07) is 11.5. The molecule has 8 nitrogen and oxygen atoms in total. The van der Waals surface area contributed by atoms with Crippen LogP contribution in [-0.4, -0.2) is 69.3 Å². The molecular formula is C24H32N4O4S. The maximum Gasteiger partial charge on any atom is 0.261 e. The molecule has 2 amide bonds. The zero-order chi connectivity index (χ0) is 24.0. The number of piperazine rings is 1. The Labute approximate surface area is 196 Å². The summed E-state index contributed by atoms with van der Waals surface area (Å²) in [5, 5.41) is 2.87. The zero-order valence-corrected chi connectivity index (χ0v) is 20.2. The summed E-state index contributed by atoms with van der Waals surface area (Å²) < 4.78 is 27.9. The van der Waals surface area contributed by atoms with Gasteiger partial charge < -0.3 is 10.2 Å². The Balaban J connectivity index is 1.56. The van der Waals surface area contributed by atoms with Gasteiger partial charge >= 0.3 is 0 Å². The highest BCUT2D eigenvalue weighted by molar-refractivity contribution is 7.92. The number of sulfonamides is 1. The average molecular weight is 473 g/mol.